The Morgan fingerprint density at radius 2 is 0.952 bits per heavy atom. The molecule has 2 N–H and O–H groups in total. The molecular formula is C15H39N2O3P. The van der Waals surface area contributed by atoms with E-state index in [1.807, 2.05) is 0 Å². The second-order valence-corrected chi connectivity index (χ2v) is 5.66. The SMILES string of the molecule is CC(C)OP([O-])[O-].CC[NH+](CC)CC.CC[NH+](CC)CC. The fourth-order valence-electron chi connectivity index (χ4n) is 1.67. The van der Waals surface area contributed by atoms with Gasteiger partial charge in [-0.25, -0.2) is 0 Å². The van der Waals surface area contributed by atoms with Gasteiger partial charge >= 0.3 is 0 Å². The van der Waals surface area contributed by atoms with Crippen LogP contribution in [0.5, 0.6) is 0 Å². The van der Waals surface area contributed by atoms with Crippen molar-refractivity contribution in [3.63, 3.8) is 0 Å². The van der Waals surface area contributed by atoms with Crippen molar-refractivity contribution in [2.24, 2.45) is 0 Å². The summed E-state index contributed by atoms with van der Waals surface area (Å²) in [5.74, 6) is 0. The summed E-state index contributed by atoms with van der Waals surface area (Å²) < 4.78 is 4.20. The van der Waals surface area contributed by atoms with Gasteiger partial charge in [0.05, 0.1) is 45.4 Å². The van der Waals surface area contributed by atoms with Crippen LogP contribution >= 0.6 is 8.60 Å². The second-order valence-electron chi connectivity index (χ2n) is 5.00. The number of quaternary nitrogens is 2. The fraction of sp³-hybridized carbons (Fsp3) is 1.00. The predicted octanol–water partition coefficient (Wildman–Crippen LogP) is -0.779. The van der Waals surface area contributed by atoms with E-state index in [0.29, 0.717) is 0 Å². The molecule has 0 radical (unpaired) electrons. The highest BCUT2D eigenvalue weighted by Crippen LogP contribution is 2.15. The summed E-state index contributed by atoms with van der Waals surface area (Å²) in [6.45, 7) is 24.3. The summed E-state index contributed by atoms with van der Waals surface area (Å²) in [6.07, 6.45) is -0.221. The topological polar surface area (TPSA) is 64.2 Å². The van der Waals surface area contributed by atoms with Crippen LogP contribution in [0.3, 0.4) is 0 Å². The molecule has 0 aromatic rings. The fourth-order valence-corrected chi connectivity index (χ4v) is 2.02. The van der Waals surface area contributed by atoms with E-state index in [4.69, 9.17) is 0 Å². The first-order chi connectivity index (χ1) is 9.82. The highest BCUT2D eigenvalue weighted by molar-refractivity contribution is 7.36. The Balaban J connectivity index is -0.000000231. The van der Waals surface area contributed by atoms with Crippen molar-refractivity contribution in [2.45, 2.75) is 61.5 Å². The molecule has 0 fully saturated rings. The molecule has 21 heavy (non-hydrogen) atoms. The summed E-state index contributed by atoms with van der Waals surface area (Å²) in [5.41, 5.74) is 0. The molecule has 0 aliphatic rings. The molecular weight excluding hydrogens is 287 g/mol. The highest BCUT2D eigenvalue weighted by atomic mass is 31.2. The van der Waals surface area contributed by atoms with Gasteiger partial charge in [0.1, 0.15) is 0 Å². The third-order valence-corrected chi connectivity index (χ3v) is 3.89. The number of nitrogens with one attached hydrogen (secondary N) is 2. The van der Waals surface area contributed by atoms with Gasteiger partial charge in [-0.3, -0.25) is 0 Å². The van der Waals surface area contributed by atoms with Crippen LogP contribution in [0.25, 0.3) is 0 Å². The van der Waals surface area contributed by atoms with E-state index in [2.05, 4.69) is 46.1 Å². The van der Waals surface area contributed by atoms with Gasteiger partial charge in [-0.1, -0.05) is 0 Å². The molecule has 5 nitrogen and oxygen atoms in total. The van der Waals surface area contributed by atoms with Gasteiger partial charge in [0.2, 0.25) is 0 Å². The average Bonchev–Trinajstić information content (AvgIpc) is 2.42. The monoisotopic (exact) mass is 326 g/mol. The molecule has 6 heteroatoms. The summed E-state index contributed by atoms with van der Waals surface area (Å²) in [7, 11) is -2.64. The zero-order chi connectivity index (χ0) is 17.3. The maximum Gasteiger partial charge on any atom is 0.0742 e. The minimum absolute atomic E-state index is 0.221. The van der Waals surface area contributed by atoms with Crippen molar-refractivity contribution >= 4 is 8.60 Å². The van der Waals surface area contributed by atoms with Gasteiger partial charge in [-0.15, -0.1) is 0 Å². The quantitative estimate of drug-likeness (QED) is 0.575. The van der Waals surface area contributed by atoms with Crippen molar-refractivity contribution in [1.82, 2.24) is 0 Å². The molecule has 0 saturated carbocycles. The average molecular weight is 326 g/mol. The van der Waals surface area contributed by atoms with Crippen molar-refractivity contribution in [3.8, 4) is 0 Å². The van der Waals surface area contributed by atoms with E-state index in [9.17, 15) is 9.79 Å². The molecule has 0 aromatic heterocycles. The van der Waals surface area contributed by atoms with Crippen LogP contribution in [0.1, 0.15) is 55.4 Å². The van der Waals surface area contributed by atoms with Crippen LogP contribution < -0.4 is 19.6 Å². The third kappa shape index (κ3) is 25.5. The van der Waals surface area contributed by atoms with E-state index in [-0.39, 0.29) is 6.10 Å². The lowest BCUT2D eigenvalue weighted by Crippen LogP contribution is -3.11. The minimum atomic E-state index is -2.64. The van der Waals surface area contributed by atoms with Crippen LogP contribution in [0.2, 0.25) is 0 Å². The lowest BCUT2D eigenvalue weighted by atomic mass is 10.5. The Bertz CT molecular complexity index is 147. The Kier molecular flexibility index (Phi) is 25.2. The summed E-state index contributed by atoms with van der Waals surface area (Å²) in [4.78, 5) is 22.6. The number of hydrogen-bond acceptors (Lipinski definition) is 3. The highest BCUT2D eigenvalue weighted by Gasteiger charge is 1.93. The Labute approximate surface area is 134 Å². The van der Waals surface area contributed by atoms with E-state index in [1.165, 1.54) is 39.3 Å². The van der Waals surface area contributed by atoms with Crippen molar-refractivity contribution in [3.05, 3.63) is 0 Å². The largest absolute Gasteiger partial charge is 0.820 e. The zero-order valence-electron chi connectivity index (χ0n) is 15.5. The second kappa shape index (κ2) is 20.2. The summed E-state index contributed by atoms with van der Waals surface area (Å²) in [6, 6.07) is 0. The van der Waals surface area contributed by atoms with Crippen LogP contribution in [0.4, 0.5) is 0 Å². The molecule has 0 aliphatic carbocycles. The Morgan fingerprint density at radius 1 is 0.714 bits per heavy atom. The normalized spacial score (nSPS) is 10.6. The first-order valence-electron chi connectivity index (χ1n) is 8.30. The number of hydrogen-bond donors (Lipinski definition) is 2. The number of rotatable bonds is 8. The maximum atomic E-state index is 9.62. The van der Waals surface area contributed by atoms with Crippen LogP contribution in [-0.2, 0) is 4.52 Å². The standard InChI is InChI=1S/2C6H15N.C3H7O3P/c2*1-4-7(5-2)6-3;1-3(2)6-7(4)5/h2*4-6H2,1-3H3;3H,1-2H3/q;;-2/p+2. The lowest BCUT2D eigenvalue weighted by Gasteiger charge is -2.31. The molecule has 0 atom stereocenters. The molecule has 0 heterocycles. The van der Waals surface area contributed by atoms with Gasteiger partial charge < -0.3 is 24.1 Å². The molecule has 0 rings (SSSR count). The zero-order valence-corrected chi connectivity index (χ0v) is 16.4. The molecule has 0 spiro atoms. The first-order valence-corrected chi connectivity index (χ1v) is 9.40. The van der Waals surface area contributed by atoms with Crippen molar-refractivity contribution in [1.29, 1.82) is 0 Å². The van der Waals surface area contributed by atoms with E-state index >= 15 is 0 Å². The van der Waals surface area contributed by atoms with Crippen LogP contribution in [-0.4, -0.2) is 45.4 Å². The van der Waals surface area contributed by atoms with Gasteiger partial charge in [0.15, 0.2) is 0 Å². The van der Waals surface area contributed by atoms with Gasteiger partial charge in [0, 0.05) is 0 Å². The van der Waals surface area contributed by atoms with E-state index in [0.717, 1.165) is 0 Å². The molecule has 0 unspecified atom stereocenters. The molecule has 0 saturated heterocycles. The van der Waals surface area contributed by atoms with Gasteiger partial charge in [-0.05, 0) is 55.4 Å². The first kappa shape index (κ1) is 26.1. The Hall–Kier alpha value is 0.230. The van der Waals surface area contributed by atoms with Gasteiger partial charge in [-0.2, -0.15) is 8.60 Å². The minimum Gasteiger partial charge on any atom is -0.820 e. The molecule has 132 valence electrons. The van der Waals surface area contributed by atoms with Crippen molar-refractivity contribution in [2.75, 3.05) is 39.3 Å². The van der Waals surface area contributed by atoms with Crippen molar-refractivity contribution < 1.29 is 24.1 Å². The van der Waals surface area contributed by atoms with Crippen LogP contribution in [0, 0.1) is 0 Å². The van der Waals surface area contributed by atoms with Gasteiger partial charge in [0.25, 0.3) is 0 Å². The third-order valence-electron chi connectivity index (χ3n) is 3.30. The molecule has 0 amide bonds. The van der Waals surface area contributed by atoms with E-state index < -0.39 is 8.60 Å². The van der Waals surface area contributed by atoms with E-state index in [1.54, 1.807) is 23.6 Å². The smallest absolute Gasteiger partial charge is 0.0742 e. The Morgan fingerprint density at radius 3 is 0.952 bits per heavy atom. The molecule has 0 aliphatic heterocycles. The molecule has 0 aromatic carbocycles. The maximum absolute atomic E-state index is 9.62. The predicted molar refractivity (Wildman–Crippen MR) is 88.3 cm³/mol. The summed E-state index contributed by atoms with van der Waals surface area (Å²) in [5, 5.41) is 0. The molecule has 0 bridgehead atoms. The lowest BCUT2D eigenvalue weighted by molar-refractivity contribution is -0.894. The van der Waals surface area contributed by atoms with Crippen LogP contribution in [0.15, 0.2) is 0 Å². The summed E-state index contributed by atoms with van der Waals surface area (Å²) >= 11 is 0.